The van der Waals surface area contributed by atoms with Crippen molar-refractivity contribution in [2.24, 2.45) is 0 Å². The molecule has 0 aliphatic carbocycles. The third-order valence-corrected chi connectivity index (χ3v) is 27.4. The van der Waals surface area contributed by atoms with Crippen molar-refractivity contribution in [2.75, 3.05) is 72.7 Å². The van der Waals surface area contributed by atoms with Crippen molar-refractivity contribution < 1.29 is 296 Å². The van der Waals surface area contributed by atoms with E-state index in [4.69, 9.17) is 109 Å². The number of hydrogen-bond donors (Lipinski definition) is 37. The maximum absolute atomic E-state index is 13.7. The van der Waals surface area contributed by atoms with E-state index in [9.17, 15) is 187 Å². The van der Waals surface area contributed by atoms with Crippen molar-refractivity contribution in [3.05, 3.63) is 0 Å². The fraction of sp³-hybridized carbons (Fsp3) is 0.929. The number of carbonyl (C=O) groups is 6. The SMILES string of the molecule is CC(=O)N[C@@H]1[C@@H](O)[C@H](O[C@@H]2O[C@H](CO)[C@@H](O[C@@H]3O[C@H](CO[C@H]4O[C@H](CO[C@@H]5O[C@H](CO)[C@@H](O)[C@H](O)[C@H]5NC(C)=O)[C@@H](O)[C@H](O)[C@@H]4O[C@@H]4O[C@H](CO)[C@@H](O[C@@H]5O[C@H](CO)[C@H](O)[C@H](O)[C@H]5O)[C@H](O)[C@H]4NC(C)=O)[C@@H](O[C@@H]4O[C@H](CO)[C@@H](O)[C@H](O)[C@H]4NC(C)=O)[C@H](O[C@H]4O[C@H](CO)[C@@H](O)[C@H](O)[C@@H]4O[C@@H]4O[C@H](CO)[C@@H](O[C@@H]5O[C@H](CO)[C@H](O)[C@H](O)[C@H]5O)[C@H](O)[C@H]4NC(C)=O)[C@@H]3O)[C@H](O)[C@H]2NC(C)=O)[C@@H](CO[C@@H]2O[C@@H](C)[C@@H](O)[C@@H](O)[C@@H]2O)O[C@H]1O. The first kappa shape index (κ1) is 123. The van der Waals surface area contributed by atoms with Crippen LogP contribution in [0, 0.1) is 0 Å². The third kappa shape index (κ3) is 27.7. The minimum absolute atomic E-state index is 0.863. The number of aliphatic hydroxyl groups is 31. The first-order valence-electron chi connectivity index (χ1n) is 48.0. The zero-order valence-corrected chi connectivity index (χ0v) is 81.1. The highest BCUT2D eigenvalue weighted by Gasteiger charge is 2.64. The second-order valence-corrected chi connectivity index (χ2v) is 38.1. The molecule has 0 radical (unpaired) electrons. The first-order chi connectivity index (χ1) is 70.9. The number of rotatable bonds is 39. The second-order valence-electron chi connectivity index (χ2n) is 38.1. The molecule has 0 aromatic carbocycles. The van der Waals surface area contributed by atoms with Gasteiger partial charge in [-0.15, -0.1) is 0 Å². The molecule has 66 heteroatoms. The monoisotopic (exact) mass is 2190 g/mol. The molecule has 0 spiro atoms. The van der Waals surface area contributed by atoms with E-state index < -0.39 is 476 Å². The Balaban J connectivity index is 0.993. The Kier molecular flexibility index (Phi) is 44.4. The predicted octanol–water partition coefficient (Wildman–Crippen LogP) is -25.3. The number of nitrogens with one attached hydrogen (secondary N) is 6. The number of hydrogen-bond acceptors (Lipinski definition) is 60. The van der Waals surface area contributed by atoms with Gasteiger partial charge in [-0.3, -0.25) is 28.8 Å². The molecule has 12 rings (SSSR count). The van der Waals surface area contributed by atoms with Crippen LogP contribution in [-0.2, 0) is 138 Å². The van der Waals surface area contributed by atoms with Crippen molar-refractivity contribution in [3.8, 4) is 0 Å². The van der Waals surface area contributed by atoms with E-state index in [2.05, 4.69) is 31.9 Å². The van der Waals surface area contributed by atoms with E-state index >= 15 is 0 Å². The summed E-state index contributed by atoms with van der Waals surface area (Å²) < 4.78 is 141. The van der Waals surface area contributed by atoms with Gasteiger partial charge in [0.15, 0.2) is 75.5 Å². The molecular weight excluding hydrogens is 2050 g/mol. The fourth-order valence-electron chi connectivity index (χ4n) is 19.5. The molecule has 12 fully saturated rings. The molecule has 37 N–H and O–H groups in total. The van der Waals surface area contributed by atoms with Gasteiger partial charge in [0.2, 0.25) is 35.4 Å². The lowest BCUT2D eigenvalue weighted by atomic mass is 9.93. The average molecular weight is 2190 g/mol. The van der Waals surface area contributed by atoms with Crippen LogP contribution in [-0.4, -0.2) is 635 Å². The Morgan fingerprint density at radius 2 is 0.420 bits per heavy atom. The van der Waals surface area contributed by atoms with Crippen molar-refractivity contribution in [2.45, 2.75) is 417 Å². The number of ether oxygens (including phenoxy) is 23. The van der Waals surface area contributed by atoms with Crippen LogP contribution in [0.15, 0.2) is 0 Å². The minimum atomic E-state index is -2.91. The summed E-state index contributed by atoms with van der Waals surface area (Å²) in [5.74, 6) is -6.08. The van der Waals surface area contributed by atoms with Gasteiger partial charge in [0.05, 0.1) is 78.8 Å². The molecule has 12 saturated heterocycles. The lowest BCUT2D eigenvalue weighted by Gasteiger charge is -2.52. The average Bonchev–Trinajstić information content (AvgIpc) is 0.754. The van der Waals surface area contributed by atoms with Crippen LogP contribution < -0.4 is 31.9 Å². The minimum Gasteiger partial charge on any atom is -0.394 e. The Morgan fingerprint density at radius 1 is 0.187 bits per heavy atom. The van der Waals surface area contributed by atoms with Crippen LogP contribution in [0.5, 0.6) is 0 Å². The Hall–Kier alpha value is -5.34. The molecule has 150 heavy (non-hydrogen) atoms. The van der Waals surface area contributed by atoms with E-state index in [1.165, 1.54) is 6.92 Å². The molecule has 12 aliphatic rings. The normalized spacial score (nSPS) is 48.8. The fourth-order valence-corrected chi connectivity index (χ4v) is 19.5. The lowest BCUT2D eigenvalue weighted by Crippen LogP contribution is -2.72. The van der Waals surface area contributed by atoms with Gasteiger partial charge in [-0.05, 0) is 6.92 Å². The number of amides is 6. The van der Waals surface area contributed by atoms with Gasteiger partial charge in [-0.25, -0.2) is 0 Å². The van der Waals surface area contributed by atoms with Gasteiger partial charge in [0.25, 0.3) is 0 Å². The van der Waals surface area contributed by atoms with Crippen LogP contribution >= 0.6 is 0 Å². The van der Waals surface area contributed by atoms with Crippen molar-refractivity contribution in [1.82, 2.24) is 31.9 Å². The zero-order valence-electron chi connectivity index (χ0n) is 81.1. The van der Waals surface area contributed by atoms with Gasteiger partial charge in [0, 0.05) is 41.5 Å². The molecule has 0 aromatic heterocycles. The topological polar surface area (TPSA) is 1010 Å². The standard InChI is InChI=1S/C84H140N6O60/c1-19-43(105)56(118)61(123)79(131-19)129-17-35-68(52(114)37(73(127)132-35)85-20(2)99)143-76-40(88-23(5)102)53(115)67(33(15-98)138-76)146-82-64(126)70(148-84-72(59(121)48(110)30(12-95)137-84)150-78-42(90-25(7)104)55(117)66(32(14-97)140-78)145-81-63(125)58(120)47(109)29(11-94)136-81)69(147-75-39(87-22(4)101)51(113)45(107)27(9-92)134-75)36(142-82)18-130-83-71(60(122)49(111)34(141-83)16-128-74-38(86-21(3)100)50(112)44(106)26(8-91)133-74)149-77-41(89-24(6)103)54(116)65(31(13-96)139-77)144-80-62(124)57(119)46(108)28(10-93)135-80/h19,26-84,91-98,105-127H,8-18H2,1-7H3,(H,85,99)(H,86,100)(H,87,101)(H,88,102)(H,89,103)(H,90,104)/t19-,26+,27+,28+,29+,30+,31+,32+,33+,34+,35+,36+,37+,38+,39+,40+,41+,42+,43+,44+,45+,46-,47-,48+,49+,50+,51+,52+,53+,54+,55+,56+,57-,58-,59-,60-,61-,62+,63+,64-,65+,66+,67+,68+,69+,70+,71-,72-,73+,74+,75-,76-,77-,78-,79+,80-,81-,82-,83-,84+/m0/s1. The molecule has 66 nitrogen and oxygen atoms in total. The molecule has 0 bridgehead atoms. The lowest BCUT2D eigenvalue weighted by molar-refractivity contribution is -0.409. The molecule has 60 atom stereocenters. The second kappa shape index (κ2) is 54.0. The quantitative estimate of drug-likeness (QED) is 0.0272. The summed E-state index contributed by atoms with van der Waals surface area (Å²) in [6.45, 7) is -6.60. The summed E-state index contributed by atoms with van der Waals surface area (Å²) in [5, 5.41) is 368. The molecule has 12 aliphatic heterocycles. The van der Waals surface area contributed by atoms with Gasteiger partial charge in [0.1, 0.15) is 287 Å². The Morgan fingerprint density at radius 3 is 0.813 bits per heavy atom. The van der Waals surface area contributed by atoms with E-state index in [1.54, 1.807) is 0 Å². The predicted molar refractivity (Wildman–Crippen MR) is 463 cm³/mol. The summed E-state index contributed by atoms with van der Waals surface area (Å²) >= 11 is 0. The molecule has 0 unspecified atom stereocenters. The summed E-state index contributed by atoms with van der Waals surface area (Å²) in [7, 11) is 0. The highest BCUT2D eigenvalue weighted by atomic mass is 16.8. The smallest absolute Gasteiger partial charge is 0.217 e. The zero-order chi connectivity index (χ0) is 110. The van der Waals surface area contributed by atoms with Crippen LogP contribution in [0.2, 0.25) is 0 Å². The van der Waals surface area contributed by atoms with Crippen LogP contribution in [0.3, 0.4) is 0 Å². The Labute approximate surface area is 849 Å². The van der Waals surface area contributed by atoms with E-state index in [0.717, 1.165) is 41.5 Å². The van der Waals surface area contributed by atoms with Crippen LogP contribution in [0.25, 0.3) is 0 Å². The third-order valence-electron chi connectivity index (χ3n) is 27.4. The van der Waals surface area contributed by atoms with E-state index in [0.29, 0.717) is 0 Å². The number of aliphatic hydroxyl groups excluding tert-OH is 31. The molecule has 866 valence electrons. The van der Waals surface area contributed by atoms with Crippen molar-refractivity contribution in [1.29, 1.82) is 0 Å². The molecule has 0 saturated carbocycles. The maximum atomic E-state index is 13.7. The largest absolute Gasteiger partial charge is 0.394 e. The van der Waals surface area contributed by atoms with Crippen LogP contribution in [0.4, 0.5) is 0 Å². The summed E-state index contributed by atoms with van der Waals surface area (Å²) in [4.78, 5) is 79.3. The van der Waals surface area contributed by atoms with Gasteiger partial charge in [-0.2, -0.15) is 0 Å². The summed E-state index contributed by atoms with van der Waals surface area (Å²) in [5.41, 5.74) is 0. The summed E-state index contributed by atoms with van der Waals surface area (Å²) in [6, 6.07) is -12.2. The van der Waals surface area contributed by atoms with Gasteiger partial charge in [-0.1, -0.05) is 0 Å². The highest BCUT2D eigenvalue weighted by Crippen LogP contribution is 2.43. The van der Waals surface area contributed by atoms with Crippen LogP contribution in [0.1, 0.15) is 48.5 Å². The van der Waals surface area contributed by atoms with E-state index in [-0.39, 0.29) is 0 Å². The first-order valence-corrected chi connectivity index (χ1v) is 48.0. The molecule has 6 amide bonds. The van der Waals surface area contributed by atoms with Crippen molar-refractivity contribution >= 4 is 35.4 Å². The number of carbonyl (C=O) groups excluding carboxylic acids is 6. The van der Waals surface area contributed by atoms with E-state index in [1.807, 2.05) is 0 Å². The Bertz CT molecular complexity index is 4250. The molecule has 12 heterocycles. The molecular formula is C84H140N6O60. The van der Waals surface area contributed by atoms with Gasteiger partial charge < -0.3 is 299 Å². The summed E-state index contributed by atoms with van der Waals surface area (Å²) in [6.07, 6.45) is -120. The van der Waals surface area contributed by atoms with Gasteiger partial charge >= 0.3 is 0 Å². The van der Waals surface area contributed by atoms with Crippen molar-refractivity contribution in [3.63, 3.8) is 0 Å². The highest BCUT2D eigenvalue weighted by molar-refractivity contribution is 5.75. The molecule has 0 aromatic rings. The maximum Gasteiger partial charge on any atom is 0.217 e.